The highest BCUT2D eigenvalue weighted by atomic mass is 16.4. The molecule has 0 aliphatic heterocycles. The van der Waals surface area contributed by atoms with E-state index in [1.165, 1.54) is 13.0 Å². The third kappa shape index (κ3) is 6.01. The number of aliphatic hydroxyl groups is 2. The highest BCUT2D eigenvalue weighted by molar-refractivity contribution is 5.97. The minimum Gasteiger partial charge on any atom is -0.550 e. The van der Waals surface area contributed by atoms with Crippen molar-refractivity contribution in [3.63, 3.8) is 0 Å². The summed E-state index contributed by atoms with van der Waals surface area (Å²) in [5.41, 5.74) is 4.54. The number of hydrogen-bond acceptors (Lipinski definition) is 7. The second-order valence-electron chi connectivity index (χ2n) is 8.08. The van der Waals surface area contributed by atoms with E-state index >= 15 is 0 Å². The molecule has 3 amide bonds. The number of aliphatic hydroxyl groups excluding tert-OH is 2. The number of carboxylic acid groups (broad SMARTS) is 1. The number of aliphatic carboxylic acids is 1. The Hall–Kier alpha value is -2.46. The Morgan fingerprint density at radius 1 is 1.24 bits per heavy atom. The maximum absolute atomic E-state index is 12.5. The van der Waals surface area contributed by atoms with Gasteiger partial charge in [0.1, 0.15) is 12.1 Å². The molecule has 4 atom stereocenters. The number of primary amides is 1. The molecule has 162 valence electrons. The van der Waals surface area contributed by atoms with Crippen LogP contribution in [0.15, 0.2) is 11.6 Å². The molecule has 0 saturated heterocycles. The minimum absolute atomic E-state index is 0.0472. The van der Waals surface area contributed by atoms with Gasteiger partial charge in [-0.15, -0.1) is 0 Å². The molecular formula is C19H28N3O7-. The Morgan fingerprint density at radius 3 is 2.41 bits per heavy atom. The Kier molecular flexibility index (Phi) is 7.37. The third-order valence-corrected chi connectivity index (χ3v) is 5.68. The maximum atomic E-state index is 12.5. The summed E-state index contributed by atoms with van der Waals surface area (Å²) in [4.78, 5) is 47.0. The van der Waals surface area contributed by atoms with Crippen molar-refractivity contribution in [1.82, 2.24) is 10.6 Å². The van der Waals surface area contributed by atoms with Gasteiger partial charge in [-0.3, -0.25) is 14.4 Å². The van der Waals surface area contributed by atoms with Crippen LogP contribution in [0, 0.1) is 5.41 Å². The van der Waals surface area contributed by atoms with E-state index in [9.17, 15) is 34.5 Å². The van der Waals surface area contributed by atoms with Crippen molar-refractivity contribution in [3.8, 4) is 0 Å². The highest BCUT2D eigenvalue weighted by Gasteiger charge is 2.38. The molecule has 2 rings (SSSR count). The van der Waals surface area contributed by atoms with E-state index in [1.54, 1.807) is 0 Å². The third-order valence-electron chi connectivity index (χ3n) is 5.68. The quantitative estimate of drug-likeness (QED) is 0.295. The molecule has 1 fully saturated rings. The van der Waals surface area contributed by atoms with Crippen LogP contribution in [0.25, 0.3) is 0 Å². The zero-order valence-electron chi connectivity index (χ0n) is 16.3. The smallest absolute Gasteiger partial charge is 0.247 e. The normalized spacial score (nSPS) is 26.9. The summed E-state index contributed by atoms with van der Waals surface area (Å²) in [5.74, 6) is -3.05. The van der Waals surface area contributed by atoms with Crippen molar-refractivity contribution in [2.24, 2.45) is 11.1 Å². The first-order valence-corrected chi connectivity index (χ1v) is 9.69. The van der Waals surface area contributed by atoms with Gasteiger partial charge in [-0.1, -0.05) is 18.9 Å². The second kappa shape index (κ2) is 9.36. The average molecular weight is 410 g/mol. The fraction of sp³-hybridized carbons (Fsp3) is 0.684. The summed E-state index contributed by atoms with van der Waals surface area (Å²) in [7, 11) is 0. The van der Waals surface area contributed by atoms with E-state index in [0.717, 1.165) is 12.8 Å². The average Bonchev–Trinajstić information content (AvgIpc) is 3.05. The Labute approximate surface area is 168 Å². The summed E-state index contributed by atoms with van der Waals surface area (Å²) in [6, 6.07) is -1.95. The Morgan fingerprint density at radius 2 is 1.86 bits per heavy atom. The summed E-state index contributed by atoms with van der Waals surface area (Å²) in [5, 5.41) is 36.3. The Balaban J connectivity index is 2.08. The van der Waals surface area contributed by atoms with Crippen LogP contribution in [-0.4, -0.2) is 58.2 Å². The molecule has 6 N–H and O–H groups in total. The summed E-state index contributed by atoms with van der Waals surface area (Å²) >= 11 is 0. The van der Waals surface area contributed by atoms with Crippen molar-refractivity contribution in [1.29, 1.82) is 0 Å². The van der Waals surface area contributed by atoms with Crippen molar-refractivity contribution in [3.05, 3.63) is 11.6 Å². The van der Waals surface area contributed by atoms with Crippen LogP contribution in [0.5, 0.6) is 0 Å². The van der Waals surface area contributed by atoms with Crippen molar-refractivity contribution >= 4 is 23.7 Å². The molecule has 0 aromatic carbocycles. The van der Waals surface area contributed by atoms with Crippen LogP contribution in [0.2, 0.25) is 0 Å². The highest BCUT2D eigenvalue weighted by Crippen LogP contribution is 2.43. The SMILES string of the molecule is C[C@@H](NC(=O)C1=C[C@@H](NC(=O)CC2(CC(=O)[O-])CCCC2)[C@@H](O)[C@H](O)C1)C(N)=O. The minimum atomic E-state index is -1.33. The standard InChI is InChI=1S/C19H29N3O7/c1-10(17(20)28)21-18(29)11-6-12(16(27)13(23)7-11)22-14(24)8-19(9-15(25)26)4-2-3-5-19/h6,10,12-13,16,23,27H,2-5,7-9H2,1H3,(H2,20,28)(H,21,29)(H,22,24)(H,25,26)/p-1/t10-,12-,13-,16-/m1/s1. The lowest BCUT2D eigenvalue weighted by molar-refractivity contribution is -0.308. The van der Waals surface area contributed by atoms with Crippen LogP contribution in [-0.2, 0) is 19.2 Å². The van der Waals surface area contributed by atoms with Gasteiger partial charge >= 0.3 is 0 Å². The van der Waals surface area contributed by atoms with Gasteiger partial charge in [-0.25, -0.2) is 0 Å². The van der Waals surface area contributed by atoms with Gasteiger partial charge in [-0.2, -0.15) is 0 Å². The summed E-state index contributed by atoms with van der Waals surface area (Å²) in [6.07, 6.45) is 1.14. The van der Waals surface area contributed by atoms with Crippen LogP contribution in [0.3, 0.4) is 0 Å². The van der Waals surface area contributed by atoms with Gasteiger partial charge in [-0.05, 0) is 31.6 Å². The second-order valence-corrected chi connectivity index (χ2v) is 8.08. The molecule has 0 spiro atoms. The molecule has 2 aliphatic carbocycles. The molecule has 0 unspecified atom stereocenters. The van der Waals surface area contributed by atoms with E-state index in [4.69, 9.17) is 5.73 Å². The topological polar surface area (TPSA) is 182 Å². The first-order chi connectivity index (χ1) is 13.5. The molecule has 1 saturated carbocycles. The van der Waals surface area contributed by atoms with E-state index < -0.39 is 53.4 Å². The number of hydrogen-bond donors (Lipinski definition) is 5. The van der Waals surface area contributed by atoms with Gasteiger partial charge in [0, 0.05) is 24.4 Å². The predicted molar refractivity (Wildman–Crippen MR) is 98.6 cm³/mol. The van der Waals surface area contributed by atoms with Gasteiger partial charge in [0.05, 0.1) is 12.1 Å². The molecule has 10 heteroatoms. The largest absolute Gasteiger partial charge is 0.550 e. The molecule has 0 radical (unpaired) electrons. The molecule has 0 aromatic heterocycles. The molecular weight excluding hydrogens is 382 g/mol. The summed E-state index contributed by atoms with van der Waals surface area (Å²) < 4.78 is 0. The van der Waals surface area contributed by atoms with E-state index in [1.807, 2.05) is 0 Å². The number of carboxylic acids is 1. The first-order valence-electron chi connectivity index (χ1n) is 9.69. The first kappa shape index (κ1) is 22.8. The lowest BCUT2D eigenvalue weighted by atomic mass is 9.79. The zero-order valence-corrected chi connectivity index (χ0v) is 16.3. The molecule has 29 heavy (non-hydrogen) atoms. The van der Waals surface area contributed by atoms with Crippen molar-refractivity contribution in [2.45, 2.75) is 76.2 Å². The number of carbonyl (C=O) groups is 4. The van der Waals surface area contributed by atoms with Crippen LogP contribution < -0.4 is 21.5 Å². The van der Waals surface area contributed by atoms with Gasteiger partial charge in [0.15, 0.2) is 0 Å². The number of carbonyl (C=O) groups excluding carboxylic acids is 4. The predicted octanol–water partition coefficient (Wildman–Crippen LogP) is -2.40. The molecule has 2 aliphatic rings. The number of rotatable bonds is 8. The van der Waals surface area contributed by atoms with Gasteiger partial charge in [0.2, 0.25) is 17.7 Å². The fourth-order valence-electron chi connectivity index (χ4n) is 4.05. The van der Waals surface area contributed by atoms with Crippen LogP contribution in [0.1, 0.15) is 51.9 Å². The van der Waals surface area contributed by atoms with Crippen LogP contribution in [0.4, 0.5) is 0 Å². The monoisotopic (exact) mass is 410 g/mol. The number of amides is 3. The summed E-state index contributed by atoms with van der Waals surface area (Å²) in [6.45, 7) is 1.41. The van der Waals surface area contributed by atoms with Gasteiger partial charge < -0.3 is 36.5 Å². The van der Waals surface area contributed by atoms with Gasteiger partial charge in [0.25, 0.3) is 0 Å². The number of nitrogens with two attached hydrogens (primary N) is 1. The van der Waals surface area contributed by atoms with E-state index in [2.05, 4.69) is 10.6 Å². The number of nitrogens with one attached hydrogen (secondary N) is 2. The molecule has 0 heterocycles. The lowest BCUT2D eigenvalue weighted by Crippen LogP contribution is -2.52. The van der Waals surface area contributed by atoms with Crippen LogP contribution >= 0.6 is 0 Å². The molecule has 0 bridgehead atoms. The molecule has 10 nitrogen and oxygen atoms in total. The van der Waals surface area contributed by atoms with Crippen molar-refractivity contribution in [2.75, 3.05) is 0 Å². The van der Waals surface area contributed by atoms with Crippen molar-refractivity contribution < 1.29 is 34.5 Å². The van der Waals surface area contributed by atoms with E-state index in [-0.39, 0.29) is 24.8 Å². The molecule has 0 aromatic rings. The van der Waals surface area contributed by atoms with E-state index in [0.29, 0.717) is 12.8 Å². The fourth-order valence-corrected chi connectivity index (χ4v) is 4.05. The lowest BCUT2D eigenvalue weighted by Gasteiger charge is -2.33. The Bertz CT molecular complexity index is 700. The maximum Gasteiger partial charge on any atom is 0.247 e. The zero-order chi connectivity index (χ0) is 21.8.